The summed E-state index contributed by atoms with van der Waals surface area (Å²) in [5, 5.41) is 15.5. The first-order chi connectivity index (χ1) is 16.7. The molecule has 0 unspecified atom stereocenters. The number of hydrogen-bond acceptors (Lipinski definition) is 4. The Morgan fingerprint density at radius 3 is 2.34 bits per heavy atom. The molecule has 6 nitrogen and oxygen atoms in total. The maximum Gasteiger partial charge on any atom is 0.266 e. The van der Waals surface area contributed by atoms with Crippen LogP contribution in [0.4, 0.5) is 11.4 Å². The summed E-state index contributed by atoms with van der Waals surface area (Å²) in [6.45, 7) is 3.72. The Morgan fingerprint density at radius 2 is 1.71 bits per heavy atom. The molecule has 0 saturated carbocycles. The van der Waals surface area contributed by atoms with E-state index in [1.165, 1.54) is 6.08 Å². The lowest BCUT2D eigenvalue weighted by atomic mass is 10.1. The summed E-state index contributed by atoms with van der Waals surface area (Å²) in [6, 6.07) is 17.6. The van der Waals surface area contributed by atoms with Gasteiger partial charge in [-0.25, -0.2) is 0 Å². The van der Waals surface area contributed by atoms with Crippen LogP contribution in [0.3, 0.4) is 0 Å². The summed E-state index contributed by atoms with van der Waals surface area (Å²) in [5.74, 6) is -0.431. The van der Waals surface area contributed by atoms with Gasteiger partial charge in [-0.05, 0) is 111 Å². The Balaban J connectivity index is 1.70. The van der Waals surface area contributed by atoms with E-state index in [1.54, 1.807) is 36.4 Å². The van der Waals surface area contributed by atoms with Crippen LogP contribution >= 0.6 is 43.5 Å². The van der Waals surface area contributed by atoms with Crippen molar-refractivity contribution in [2.75, 3.05) is 17.2 Å². The maximum atomic E-state index is 12.5. The van der Waals surface area contributed by atoms with Crippen LogP contribution in [0.5, 0.6) is 5.75 Å². The first kappa shape index (κ1) is 26.5. The van der Waals surface area contributed by atoms with Crippen LogP contribution in [0.25, 0.3) is 6.08 Å². The Kier molecular flexibility index (Phi) is 9.10. The average molecular weight is 618 g/mol. The van der Waals surface area contributed by atoms with E-state index in [2.05, 4.69) is 42.5 Å². The Hall–Kier alpha value is -3.12. The number of hydrogen-bond donors (Lipinski definition) is 2. The van der Waals surface area contributed by atoms with E-state index in [1.807, 2.05) is 38.1 Å². The second-order valence-corrected chi connectivity index (χ2v) is 9.67. The van der Waals surface area contributed by atoms with Gasteiger partial charge in [-0.15, -0.1) is 0 Å². The Labute approximate surface area is 225 Å². The van der Waals surface area contributed by atoms with E-state index in [9.17, 15) is 14.9 Å². The largest absolute Gasteiger partial charge is 0.481 e. The number of benzene rings is 3. The van der Waals surface area contributed by atoms with Crippen LogP contribution in [0.15, 0.2) is 69.1 Å². The van der Waals surface area contributed by atoms with Gasteiger partial charge in [-0.1, -0.05) is 23.7 Å². The van der Waals surface area contributed by atoms with Crippen LogP contribution in [0, 0.1) is 25.2 Å². The van der Waals surface area contributed by atoms with Gasteiger partial charge in [0.25, 0.3) is 11.8 Å². The number of carbonyl (C=O) groups excluding carboxylic acids is 2. The summed E-state index contributed by atoms with van der Waals surface area (Å²) in [6.07, 6.45) is 1.46. The first-order valence-corrected chi connectivity index (χ1v) is 12.3. The fourth-order valence-electron chi connectivity index (χ4n) is 3.06. The lowest BCUT2D eigenvalue weighted by molar-refractivity contribution is -0.118. The van der Waals surface area contributed by atoms with Crippen molar-refractivity contribution < 1.29 is 14.3 Å². The van der Waals surface area contributed by atoms with Crippen molar-refractivity contribution in [3.63, 3.8) is 0 Å². The molecule has 0 fully saturated rings. The molecule has 0 bridgehead atoms. The standard InChI is InChI=1S/C26H20Br2ClN3O3/c1-15-4-3-5-23(16(15)2)32-24(33)14-35-25-21(27)11-17(12-22(25)28)10-18(13-30)26(34)31-20-8-6-19(29)7-9-20/h3-12H,14H2,1-2H3,(H,31,34)(H,32,33)/b18-10-. The van der Waals surface area contributed by atoms with Gasteiger partial charge in [0.2, 0.25) is 0 Å². The number of nitriles is 1. The average Bonchev–Trinajstić information content (AvgIpc) is 2.81. The van der Waals surface area contributed by atoms with E-state index >= 15 is 0 Å². The van der Waals surface area contributed by atoms with E-state index in [-0.39, 0.29) is 18.1 Å². The second kappa shape index (κ2) is 12.0. The van der Waals surface area contributed by atoms with Gasteiger partial charge < -0.3 is 15.4 Å². The number of amides is 2. The molecule has 0 radical (unpaired) electrons. The minimum atomic E-state index is -0.550. The van der Waals surface area contributed by atoms with Crippen molar-refractivity contribution in [1.82, 2.24) is 0 Å². The van der Waals surface area contributed by atoms with Crippen LogP contribution in [-0.2, 0) is 9.59 Å². The summed E-state index contributed by atoms with van der Waals surface area (Å²) < 4.78 is 6.81. The fourth-order valence-corrected chi connectivity index (χ4v) is 4.63. The molecule has 3 aromatic carbocycles. The molecule has 2 amide bonds. The van der Waals surface area contributed by atoms with Crippen molar-refractivity contribution in [3.05, 3.63) is 90.8 Å². The predicted molar refractivity (Wildman–Crippen MR) is 146 cm³/mol. The molecule has 3 rings (SSSR count). The normalized spacial score (nSPS) is 10.9. The zero-order valence-corrected chi connectivity index (χ0v) is 22.7. The van der Waals surface area contributed by atoms with Crippen LogP contribution < -0.4 is 15.4 Å². The van der Waals surface area contributed by atoms with Crippen LogP contribution in [0.1, 0.15) is 16.7 Å². The highest BCUT2D eigenvalue weighted by atomic mass is 79.9. The van der Waals surface area contributed by atoms with Gasteiger partial charge in [-0.3, -0.25) is 9.59 Å². The fraction of sp³-hybridized carbons (Fsp3) is 0.115. The topological polar surface area (TPSA) is 91.2 Å². The van der Waals surface area contributed by atoms with Crippen molar-refractivity contribution in [2.24, 2.45) is 0 Å². The quantitative estimate of drug-likeness (QED) is 0.220. The molecule has 0 spiro atoms. The third kappa shape index (κ3) is 7.18. The summed E-state index contributed by atoms with van der Waals surface area (Å²) >= 11 is 12.7. The Bertz CT molecular complexity index is 1330. The molecular weight excluding hydrogens is 598 g/mol. The van der Waals surface area contributed by atoms with Gasteiger partial charge in [0.15, 0.2) is 6.61 Å². The number of anilines is 2. The maximum absolute atomic E-state index is 12.5. The van der Waals surface area contributed by atoms with Gasteiger partial charge in [0, 0.05) is 16.4 Å². The number of nitrogens with one attached hydrogen (secondary N) is 2. The molecule has 178 valence electrons. The summed E-state index contributed by atoms with van der Waals surface area (Å²) in [5.41, 5.74) is 3.83. The third-order valence-electron chi connectivity index (χ3n) is 5.03. The van der Waals surface area contributed by atoms with E-state index < -0.39 is 5.91 Å². The zero-order valence-electron chi connectivity index (χ0n) is 18.8. The minimum Gasteiger partial charge on any atom is -0.481 e. The summed E-state index contributed by atoms with van der Waals surface area (Å²) in [7, 11) is 0. The first-order valence-electron chi connectivity index (χ1n) is 10.3. The predicted octanol–water partition coefficient (Wildman–Crippen LogP) is 7.05. The molecule has 35 heavy (non-hydrogen) atoms. The van der Waals surface area contributed by atoms with Crippen molar-refractivity contribution in [3.8, 4) is 11.8 Å². The van der Waals surface area contributed by atoms with Crippen molar-refractivity contribution >= 4 is 72.7 Å². The van der Waals surface area contributed by atoms with E-state index in [0.717, 1.165) is 16.8 Å². The van der Waals surface area contributed by atoms with Gasteiger partial charge >= 0.3 is 0 Å². The molecule has 0 aromatic heterocycles. The monoisotopic (exact) mass is 615 g/mol. The van der Waals surface area contributed by atoms with Crippen LogP contribution in [0.2, 0.25) is 5.02 Å². The summed E-state index contributed by atoms with van der Waals surface area (Å²) in [4.78, 5) is 24.9. The molecule has 2 N–H and O–H groups in total. The lowest BCUT2D eigenvalue weighted by Crippen LogP contribution is -2.21. The molecule has 3 aromatic rings. The SMILES string of the molecule is Cc1cccc(NC(=O)COc2c(Br)cc(/C=C(/C#N)C(=O)Nc3ccc(Cl)cc3)cc2Br)c1C. The second-order valence-electron chi connectivity index (χ2n) is 7.53. The number of ether oxygens (including phenoxy) is 1. The number of nitrogens with zero attached hydrogens (tertiary/aromatic N) is 1. The molecule has 0 saturated heterocycles. The van der Waals surface area contributed by atoms with Crippen molar-refractivity contribution in [1.29, 1.82) is 5.26 Å². The highest BCUT2D eigenvalue weighted by Crippen LogP contribution is 2.35. The number of halogens is 3. The molecule has 0 aliphatic carbocycles. The molecule has 0 heterocycles. The molecule has 0 atom stereocenters. The van der Waals surface area contributed by atoms with Gasteiger partial charge in [0.05, 0.1) is 8.95 Å². The zero-order chi connectivity index (χ0) is 25.5. The lowest BCUT2D eigenvalue weighted by Gasteiger charge is -2.13. The Morgan fingerprint density at radius 1 is 1.06 bits per heavy atom. The van der Waals surface area contributed by atoms with E-state index in [0.29, 0.717) is 31.0 Å². The molecule has 0 aliphatic heterocycles. The van der Waals surface area contributed by atoms with E-state index in [4.69, 9.17) is 16.3 Å². The third-order valence-corrected chi connectivity index (χ3v) is 6.46. The molecule has 0 aliphatic rings. The highest BCUT2D eigenvalue weighted by Gasteiger charge is 2.14. The molecule has 9 heteroatoms. The highest BCUT2D eigenvalue weighted by molar-refractivity contribution is 9.11. The van der Waals surface area contributed by atoms with Crippen LogP contribution in [-0.4, -0.2) is 18.4 Å². The number of rotatable bonds is 7. The molecular formula is C26H20Br2ClN3O3. The number of aryl methyl sites for hydroxylation is 1. The minimum absolute atomic E-state index is 0.0830. The number of carbonyl (C=O) groups is 2. The van der Waals surface area contributed by atoms with Gasteiger partial charge in [-0.2, -0.15) is 5.26 Å². The smallest absolute Gasteiger partial charge is 0.266 e. The van der Waals surface area contributed by atoms with Gasteiger partial charge in [0.1, 0.15) is 17.4 Å². The van der Waals surface area contributed by atoms with Crippen molar-refractivity contribution in [2.45, 2.75) is 13.8 Å².